The van der Waals surface area contributed by atoms with E-state index in [2.05, 4.69) is 16.2 Å². The van der Waals surface area contributed by atoms with E-state index >= 15 is 0 Å². The Balaban J connectivity index is 1.84. The molecule has 3 rings (SSSR count). The van der Waals surface area contributed by atoms with Crippen molar-refractivity contribution >= 4 is 11.3 Å². The van der Waals surface area contributed by atoms with E-state index in [-0.39, 0.29) is 12.2 Å². The van der Waals surface area contributed by atoms with Gasteiger partial charge in [-0.05, 0) is 23.8 Å². The van der Waals surface area contributed by atoms with Crippen molar-refractivity contribution in [1.82, 2.24) is 10.1 Å². The molecule has 4 nitrogen and oxygen atoms in total. The van der Waals surface area contributed by atoms with Gasteiger partial charge < -0.3 is 4.52 Å². The first kappa shape index (κ1) is 12.5. The van der Waals surface area contributed by atoms with Crippen molar-refractivity contribution in [2.75, 3.05) is 0 Å². The van der Waals surface area contributed by atoms with Gasteiger partial charge in [-0.2, -0.15) is 10.2 Å². The molecule has 0 saturated heterocycles. The number of benzene rings is 1. The summed E-state index contributed by atoms with van der Waals surface area (Å²) in [6.07, 6.45) is 0.270. The van der Waals surface area contributed by atoms with Gasteiger partial charge in [-0.15, -0.1) is 11.3 Å². The van der Waals surface area contributed by atoms with Crippen molar-refractivity contribution < 1.29 is 8.91 Å². The van der Waals surface area contributed by atoms with Gasteiger partial charge in [0.15, 0.2) is 5.82 Å². The van der Waals surface area contributed by atoms with Gasteiger partial charge in [0.1, 0.15) is 16.8 Å². The third-order valence-corrected chi connectivity index (χ3v) is 3.68. The molecule has 20 heavy (non-hydrogen) atoms. The van der Waals surface area contributed by atoms with Crippen LogP contribution in [0.5, 0.6) is 0 Å². The van der Waals surface area contributed by atoms with E-state index in [0.29, 0.717) is 22.2 Å². The number of nitriles is 1. The van der Waals surface area contributed by atoms with Gasteiger partial charge in [-0.1, -0.05) is 23.4 Å². The molecule has 98 valence electrons. The van der Waals surface area contributed by atoms with Crippen LogP contribution in [0.15, 0.2) is 40.9 Å². The quantitative estimate of drug-likeness (QED) is 0.740. The van der Waals surface area contributed by atoms with Crippen molar-refractivity contribution in [2.45, 2.75) is 6.42 Å². The SMILES string of the molecule is N#Cc1ccc(-c2nc(Cc3ccccc3F)no2)s1. The fourth-order valence-electron chi connectivity index (χ4n) is 1.75. The van der Waals surface area contributed by atoms with Crippen molar-refractivity contribution in [3.05, 3.63) is 58.5 Å². The molecule has 0 spiro atoms. The summed E-state index contributed by atoms with van der Waals surface area (Å²) in [6.45, 7) is 0. The predicted octanol–water partition coefficient (Wildman–Crippen LogP) is 3.40. The van der Waals surface area contributed by atoms with E-state index in [1.165, 1.54) is 17.4 Å². The summed E-state index contributed by atoms with van der Waals surface area (Å²) in [5.41, 5.74) is 0.517. The molecule has 0 aliphatic heterocycles. The third-order valence-electron chi connectivity index (χ3n) is 2.70. The van der Waals surface area contributed by atoms with E-state index in [1.807, 2.05) is 0 Å². The minimum Gasteiger partial charge on any atom is -0.333 e. The number of rotatable bonds is 3. The fraction of sp³-hybridized carbons (Fsp3) is 0.0714. The van der Waals surface area contributed by atoms with Crippen LogP contribution in [0.25, 0.3) is 10.8 Å². The van der Waals surface area contributed by atoms with Crippen LogP contribution in [0.4, 0.5) is 4.39 Å². The number of halogens is 1. The Labute approximate surface area is 118 Å². The molecule has 0 saturated carbocycles. The Hall–Kier alpha value is -2.52. The maximum atomic E-state index is 13.5. The van der Waals surface area contributed by atoms with Crippen LogP contribution in [0, 0.1) is 17.1 Å². The molecule has 0 amide bonds. The summed E-state index contributed by atoms with van der Waals surface area (Å²) in [7, 11) is 0. The number of nitrogens with zero attached hydrogens (tertiary/aromatic N) is 3. The van der Waals surface area contributed by atoms with Gasteiger partial charge in [-0.25, -0.2) is 4.39 Å². The smallest absolute Gasteiger partial charge is 0.268 e. The number of hydrogen-bond donors (Lipinski definition) is 0. The Bertz CT molecular complexity index is 788. The summed E-state index contributed by atoms with van der Waals surface area (Å²) < 4.78 is 18.7. The van der Waals surface area contributed by atoms with Crippen LogP contribution in [-0.2, 0) is 6.42 Å². The molecule has 0 aliphatic rings. The third kappa shape index (κ3) is 2.44. The van der Waals surface area contributed by atoms with Gasteiger partial charge >= 0.3 is 0 Å². The van der Waals surface area contributed by atoms with Gasteiger partial charge in [0.2, 0.25) is 0 Å². The van der Waals surface area contributed by atoms with E-state index in [4.69, 9.17) is 9.78 Å². The average molecular weight is 285 g/mol. The summed E-state index contributed by atoms with van der Waals surface area (Å²) in [6, 6.07) is 12.0. The van der Waals surface area contributed by atoms with Gasteiger partial charge in [0.25, 0.3) is 5.89 Å². The Morgan fingerprint density at radius 2 is 2.10 bits per heavy atom. The van der Waals surface area contributed by atoms with Crippen molar-refractivity contribution in [2.24, 2.45) is 0 Å². The highest BCUT2D eigenvalue weighted by atomic mass is 32.1. The first-order valence-electron chi connectivity index (χ1n) is 5.82. The van der Waals surface area contributed by atoms with Gasteiger partial charge in [-0.3, -0.25) is 0 Å². The highest BCUT2D eigenvalue weighted by Gasteiger charge is 2.13. The number of thiophene rings is 1. The Morgan fingerprint density at radius 1 is 1.25 bits per heavy atom. The van der Waals surface area contributed by atoms with E-state index in [0.717, 1.165) is 4.88 Å². The molecule has 0 aliphatic carbocycles. The summed E-state index contributed by atoms with van der Waals surface area (Å²) >= 11 is 1.28. The number of hydrogen-bond acceptors (Lipinski definition) is 5. The van der Waals surface area contributed by atoms with Crippen molar-refractivity contribution in [3.8, 4) is 16.8 Å². The van der Waals surface area contributed by atoms with Crippen molar-refractivity contribution in [1.29, 1.82) is 5.26 Å². The summed E-state index contributed by atoms with van der Waals surface area (Å²) in [5.74, 6) is 0.474. The maximum Gasteiger partial charge on any atom is 0.268 e. The lowest BCUT2D eigenvalue weighted by molar-refractivity contribution is 0.424. The zero-order chi connectivity index (χ0) is 13.9. The Morgan fingerprint density at radius 3 is 2.85 bits per heavy atom. The molecule has 2 heterocycles. The van der Waals surface area contributed by atoms with E-state index in [9.17, 15) is 4.39 Å². The van der Waals surface area contributed by atoms with Crippen LogP contribution in [0.3, 0.4) is 0 Å². The van der Waals surface area contributed by atoms with Crippen LogP contribution < -0.4 is 0 Å². The fourth-order valence-corrected chi connectivity index (χ4v) is 2.48. The molecule has 0 radical (unpaired) electrons. The summed E-state index contributed by atoms with van der Waals surface area (Å²) in [5, 5.41) is 12.6. The molecule has 0 atom stereocenters. The molecule has 6 heteroatoms. The average Bonchev–Trinajstić information content (AvgIpc) is 3.10. The molecule has 0 unspecified atom stereocenters. The summed E-state index contributed by atoms with van der Waals surface area (Å²) in [4.78, 5) is 5.53. The molecule has 0 N–H and O–H groups in total. The lowest BCUT2D eigenvalue weighted by Gasteiger charge is -1.97. The van der Waals surface area contributed by atoms with Crippen LogP contribution in [0.2, 0.25) is 0 Å². The van der Waals surface area contributed by atoms with E-state index in [1.54, 1.807) is 30.3 Å². The van der Waals surface area contributed by atoms with Gasteiger partial charge in [0.05, 0.1) is 4.88 Å². The lowest BCUT2D eigenvalue weighted by atomic mass is 10.1. The molecular formula is C14H8FN3OS. The predicted molar refractivity (Wildman–Crippen MR) is 71.5 cm³/mol. The molecule has 2 aromatic heterocycles. The number of aromatic nitrogens is 2. The first-order valence-corrected chi connectivity index (χ1v) is 6.64. The monoisotopic (exact) mass is 285 g/mol. The normalized spacial score (nSPS) is 10.4. The standard InChI is InChI=1S/C14H8FN3OS/c15-11-4-2-1-3-9(11)7-13-17-14(19-18-13)12-6-5-10(8-16)20-12/h1-6H,7H2. The molecular weight excluding hydrogens is 277 g/mol. The highest BCUT2D eigenvalue weighted by Crippen LogP contribution is 2.26. The largest absolute Gasteiger partial charge is 0.333 e. The second-order valence-electron chi connectivity index (χ2n) is 4.06. The molecule has 0 fully saturated rings. The minimum atomic E-state index is -0.290. The lowest BCUT2D eigenvalue weighted by Crippen LogP contribution is -1.94. The zero-order valence-electron chi connectivity index (χ0n) is 10.2. The van der Waals surface area contributed by atoms with Crippen molar-refractivity contribution in [3.63, 3.8) is 0 Å². The first-order chi connectivity index (χ1) is 9.76. The highest BCUT2D eigenvalue weighted by molar-refractivity contribution is 7.15. The minimum absolute atomic E-state index is 0.270. The van der Waals surface area contributed by atoms with Crippen LogP contribution in [0.1, 0.15) is 16.3 Å². The zero-order valence-corrected chi connectivity index (χ0v) is 11.0. The molecule has 0 bridgehead atoms. The van der Waals surface area contributed by atoms with Gasteiger partial charge in [0, 0.05) is 6.42 Å². The van der Waals surface area contributed by atoms with E-state index < -0.39 is 0 Å². The Kier molecular flexibility index (Phi) is 3.27. The van der Waals surface area contributed by atoms with Crippen LogP contribution in [-0.4, -0.2) is 10.1 Å². The topological polar surface area (TPSA) is 62.7 Å². The molecule has 3 aromatic rings. The second-order valence-corrected chi connectivity index (χ2v) is 5.14. The second kappa shape index (κ2) is 5.23. The maximum absolute atomic E-state index is 13.5. The van der Waals surface area contributed by atoms with Crippen LogP contribution >= 0.6 is 11.3 Å². The molecule has 1 aromatic carbocycles.